The van der Waals surface area contributed by atoms with Gasteiger partial charge in [0, 0.05) is 32.8 Å². The van der Waals surface area contributed by atoms with Gasteiger partial charge in [0.25, 0.3) is 0 Å². The average Bonchev–Trinajstić information content (AvgIpc) is 2.45. The van der Waals surface area contributed by atoms with E-state index in [9.17, 15) is 8.42 Å². The molecular weight excluding hydrogens is 288 g/mol. The second-order valence-corrected chi connectivity index (χ2v) is 6.98. The third-order valence-electron chi connectivity index (χ3n) is 3.03. The third-order valence-corrected chi connectivity index (χ3v) is 4.59. The van der Waals surface area contributed by atoms with Gasteiger partial charge in [-0.15, -0.1) is 0 Å². The SMILES string of the molecule is COCCCCNS(=O)(=O)c1ccccc1CNC(C)C. The smallest absolute Gasteiger partial charge is 0.240 e. The van der Waals surface area contributed by atoms with Gasteiger partial charge in [0.1, 0.15) is 0 Å². The van der Waals surface area contributed by atoms with Crippen LogP contribution in [0.3, 0.4) is 0 Å². The van der Waals surface area contributed by atoms with Crippen molar-refractivity contribution in [2.45, 2.75) is 44.2 Å². The lowest BCUT2D eigenvalue weighted by Crippen LogP contribution is -2.28. The monoisotopic (exact) mass is 314 g/mol. The molecule has 0 aliphatic carbocycles. The quantitative estimate of drug-likeness (QED) is 0.647. The Morgan fingerprint density at radius 2 is 1.90 bits per heavy atom. The molecule has 2 N–H and O–H groups in total. The molecule has 0 radical (unpaired) electrons. The van der Waals surface area contributed by atoms with Crippen LogP contribution in [0.4, 0.5) is 0 Å². The van der Waals surface area contributed by atoms with Crippen LogP contribution in [0.2, 0.25) is 0 Å². The van der Waals surface area contributed by atoms with E-state index in [-0.39, 0.29) is 0 Å². The number of hydrogen-bond donors (Lipinski definition) is 2. The molecule has 0 unspecified atom stereocenters. The predicted octanol–water partition coefficient (Wildman–Crippen LogP) is 1.89. The summed E-state index contributed by atoms with van der Waals surface area (Å²) in [6, 6.07) is 7.40. The van der Waals surface area contributed by atoms with Crippen LogP contribution in [0.15, 0.2) is 29.2 Å². The molecule has 0 saturated heterocycles. The maximum atomic E-state index is 12.4. The Morgan fingerprint density at radius 3 is 2.57 bits per heavy atom. The highest BCUT2D eigenvalue weighted by Crippen LogP contribution is 2.15. The van der Waals surface area contributed by atoms with Gasteiger partial charge in [-0.25, -0.2) is 13.1 Å². The van der Waals surface area contributed by atoms with Gasteiger partial charge in [-0.05, 0) is 24.5 Å². The molecule has 0 aliphatic rings. The van der Waals surface area contributed by atoms with Crippen molar-refractivity contribution < 1.29 is 13.2 Å². The molecule has 6 heteroatoms. The van der Waals surface area contributed by atoms with Gasteiger partial charge < -0.3 is 10.1 Å². The van der Waals surface area contributed by atoms with Gasteiger partial charge in [-0.1, -0.05) is 32.0 Å². The van der Waals surface area contributed by atoms with Gasteiger partial charge >= 0.3 is 0 Å². The van der Waals surface area contributed by atoms with E-state index in [1.165, 1.54) is 0 Å². The number of hydrogen-bond acceptors (Lipinski definition) is 4. The molecule has 1 aromatic carbocycles. The summed E-state index contributed by atoms with van der Waals surface area (Å²) in [7, 11) is -1.82. The topological polar surface area (TPSA) is 67.4 Å². The van der Waals surface area contributed by atoms with E-state index in [4.69, 9.17) is 4.74 Å². The number of sulfonamides is 1. The van der Waals surface area contributed by atoms with E-state index < -0.39 is 10.0 Å². The summed E-state index contributed by atoms with van der Waals surface area (Å²) >= 11 is 0. The summed E-state index contributed by atoms with van der Waals surface area (Å²) < 4.78 is 32.3. The normalized spacial score (nSPS) is 12.0. The first kappa shape index (κ1) is 18.1. The molecule has 0 amide bonds. The van der Waals surface area contributed by atoms with E-state index in [1.54, 1.807) is 19.2 Å². The lowest BCUT2D eigenvalue weighted by atomic mass is 10.2. The second-order valence-electron chi connectivity index (χ2n) is 5.24. The molecule has 120 valence electrons. The van der Waals surface area contributed by atoms with Crippen LogP contribution >= 0.6 is 0 Å². The Bertz CT molecular complexity index is 515. The van der Waals surface area contributed by atoms with E-state index in [0.29, 0.717) is 30.6 Å². The summed E-state index contributed by atoms with van der Waals surface area (Å²) in [6.07, 6.45) is 1.61. The van der Waals surface area contributed by atoms with E-state index in [0.717, 1.165) is 18.4 Å². The molecule has 1 rings (SSSR count). The number of methoxy groups -OCH3 is 1. The number of rotatable bonds is 10. The molecular formula is C15H26N2O3S. The average molecular weight is 314 g/mol. The highest BCUT2D eigenvalue weighted by molar-refractivity contribution is 7.89. The maximum Gasteiger partial charge on any atom is 0.240 e. The van der Waals surface area contributed by atoms with E-state index >= 15 is 0 Å². The molecule has 21 heavy (non-hydrogen) atoms. The summed E-state index contributed by atoms with van der Waals surface area (Å²) in [4.78, 5) is 0.352. The first-order valence-electron chi connectivity index (χ1n) is 7.27. The lowest BCUT2D eigenvalue weighted by Gasteiger charge is -2.13. The molecule has 0 aliphatic heterocycles. The standard InChI is InChI=1S/C15H26N2O3S/c1-13(2)16-12-14-8-4-5-9-15(14)21(18,19)17-10-6-7-11-20-3/h4-5,8-9,13,16-17H,6-7,10-12H2,1-3H3. The minimum absolute atomic E-state index is 0.308. The highest BCUT2D eigenvalue weighted by Gasteiger charge is 2.17. The lowest BCUT2D eigenvalue weighted by molar-refractivity contribution is 0.193. The van der Waals surface area contributed by atoms with Gasteiger partial charge in [-0.2, -0.15) is 0 Å². The molecule has 0 spiro atoms. The Balaban J connectivity index is 2.69. The zero-order valence-corrected chi connectivity index (χ0v) is 13.9. The van der Waals surface area contributed by atoms with Crippen LogP contribution in [-0.4, -0.2) is 34.7 Å². The number of ether oxygens (including phenoxy) is 1. The number of unbranched alkanes of at least 4 members (excludes halogenated alkanes) is 1. The fourth-order valence-electron chi connectivity index (χ4n) is 1.88. The van der Waals surface area contributed by atoms with Crippen molar-refractivity contribution >= 4 is 10.0 Å². The van der Waals surface area contributed by atoms with Crippen LogP contribution in [0.25, 0.3) is 0 Å². The van der Waals surface area contributed by atoms with Crippen LogP contribution in [0.1, 0.15) is 32.3 Å². The van der Waals surface area contributed by atoms with Gasteiger partial charge in [-0.3, -0.25) is 0 Å². The number of nitrogens with one attached hydrogen (secondary N) is 2. The Kier molecular flexibility index (Phi) is 7.88. The fourth-order valence-corrected chi connectivity index (χ4v) is 3.19. The molecule has 0 aromatic heterocycles. The first-order chi connectivity index (χ1) is 9.97. The largest absolute Gasteiger partial charge is 0.385 e. The molecule has 1 aromatic rings. The second kappa shape index (κ2) is 9.15. The zero-order valence-electron chi connectivity index (χ0n) is 13.1. The summed E-state index contributed by atoms with van der Waals surface area (Å²) in [5, 5.41) is 3.25. The maximum absolute atomic E-state index is 12.4. The Morgan fingerprint density at radius 1 is 1.19 bits per heavy atom. The zero-order chi connectivity index (χ0) is 15.7. The molecule has 0 atom stereocenters. The third kappa shape index (κ3) is 6.56. The summed E-state index contributed by atoms with van der Waals surface area (Å²) in [5.41, 5.74) is 0.788. The van der Waals surface area contributed by atoms with Crippen LogP contribution in [0.5, 0.6) is 0 Å². The molecule has 0 heterocycles. The molecule has 5 nitrogen and oxygen atoms in total. The van der Waals surface area contributed by atoms with Crippen LogP contribution in [-0.2, 0) is 21.3 Å². The molecule has 0 fully saturated rings. The summed E-state index contributed by atoms with van der Waals surface area (Å²) in [6.45, 7) is 5.68. The van der Waals surface area contributed by atoms with Gasteiger partial charge in [0.05, 0.1) is 4.90 Å². The Labute approximate surface area is 128 Å². The minimum atomic E-state index is -3.46. The van der Waals surface area contributed by atoms with Crippen LogP contribution < -0.4 is 10.0 Å². The van der Waals surface area contributed by atoms with Crippen molar-refractivity contribution in [2.75, 3.05) is 20.3 Å². The fraction of sp³-hybridized carbons (Fsp3) is 0.600. The molecule has 0 saturated carbocycles. The first-order valence-corrected chi connectivity index (χ1v) is 8.75. The van der Waals surface area contributed by atoms with Crippen molar-refractivity contribution in [2.24, 2.45) is 0 Å². The highest BCUT2D eigenvalue weighted by atomic mass is 32.2. The summed E-state index contributed by atoms with van der Waals surface area (Å²) in [5.74, 6) is 0. The minimum Gasteiger partial charge on any atom is -0.385 e. The van der Waals surface area contributed by atoms with Crippen molar-refractivity contribution in [3.05, 3.63) is 29.8 Å². The van der Waals surface area contributed by atoms with Crippen molar-refractivity contribution in [3.8, 4) is 0 Å². The predicted molar refractivity (Wildman–Crippen MR) is 84.7 cm³/mol. The number of benzene rings is 1. The van der Waals surface area contributed by atoms with Gasteiger partial charge in [0.15, 0.2) is 0 Å². The molecule has 0 bridgehead atoms. The van der Waals surface area contributed by atoms with E-state index in [2.05, 4.69) is 10.0 Å². The van der Waals surface area contributed by atoms with Crippen molar-refractivity contribution in [1.29, 1.82) is 0 Å². The van der Waals surface area contributed by atoms with Crippen molar-refractivity contribution in [3.63, 3.8) is 0 Å². The van der Waals surface area contributed by atoms with Crippen LogP contribution in [0, 0.1) is 0 Å². The Hall–Kier alpha value is -0.950. The van der Waals surface area contributed by atoms with Gasteiger partial charge in [0.2, 0.25) is 10.0 Å². The van der Waals surface area contributed by atoms with Crippen molar-refractivity contribution in [1.82, 2.24) is 10.0 Å². The van der Waals surface area contributed by atoms with E-state index in [1.807, 2.05) is 26.0 Å².